The van der Waals surface area contributed by atoms with Crippen LogP contribution in [0.4, 0.5) is 4.39 Å². The van der Waals surface area contributed by atoms with Crippen LogP contribution >= 0.6 is 11.8 Å². The van der Waals surface area contributed by atoms with Gasteiger partial charge in [-0.1, -0.05) is 24.3 Å². The summed E-state index contributed by atoms with van der Waals surface area (Å²) in [6.45, 7) is 1.53. The molecule has 0 bridgehead atoms. The van der Waals surface area contributed by atoms with Crippen molar-refractivity contribution in [2.24, 2.45) is 0 Å². The quantitative estimate of drug-likeness (QED) is 0.732. The molecule has 3 heteroatoms. The molecule has 1 nitrogen and oxygen atoms in total. The van der Waals surface area contributed by atoms with Crippen molar-refractivity contribution in [1.29, 1.82) is 0 Å². The van der Waals surface area contributed by atoms with Crippen molar-refractivity contribution >= 4 is 17.5 Å². The number of hydrogen-bond acceptors (Lipinski definition) is 2. The van der Waals surface area contributed by atoms with E-state index in [0.29, 0.717) is 18.4 Å². The molecule has 0 amide bonds. The molecule has 1 aromatic rings. The lowest BCUT2D eigenvalue weighted by molar-refractivity contribution is 0.101. The van der Waals surface area contributed by atoms with E-state index >= 15 is 0 Å². The van der Waals surface area contributed by atoms with E-state index in [1.54, 1.807) is 36.0 Å². The van der Waals surface area contributed by atoms with Crippen LogP contribution < -0.4 is 0 Å². The van der Waals surface area contributed by atoms with Crippen LogP contribution in [-0.4, -0.2) is 17.3 Å². The second-order valence-corrected chi connectivity index (χ2v) is 5.44. The Kier molecular flexibility index (Phi) is 3.33. The zero-order valence-electron chi connectivity index (χ0n) is 9.33. The van der Waals surface area contributed by atoms with Crippen LogP contribution in [0.15, 0.2) is 24.3 Å². The number of carbonyl (C=O) groups excluding carboxylic acids is 1. The van der Waals surface area contributed by atoms with Crippen LogP contribution in [0.1, 0.15) is 35.7 Å². The fourth-order valence-electron chi connectivity index (χ4n) is 1.99. The zero-order valence-corrected chi connectivity index (χ0v) is 10.1. The lowest BCUT2D eigenvalue weighted by atomic mass is 9.89. The zero-order chi connectivity index (χ0) is 11.6. The van der Waals surface area contributed by atoms with Crippen molar-refractivity contribution in [3.05, 3.63) is 35.4 Å². The molecule has 1 aromatic carbocycles. The Morgan fingerprint density at radius 3 is 2.31 bits per heavy atom. The number of carbonyl (C=O) groups is 1. The summed E-state index contributed by atoms with van der Waals surface area (Å²) in [4.78, 5) is 11.1. The first-order valence-electron chi connectivity index (χ1n) is 5.50. The number of ketones is 1. The Balaban J connectivity index is 2.23. The molecule has 0 N–H and O–H groups in total. The maximum atomic E-state index is 14.5. The molecular weight excluding hydrogens is 223 g/mol. The molecule has 0 aromatic heterocycles. The molecule has 1 fully saturated rings. The monoisotopic (exact) mass is 238 g/mol. The minimum absolute atomic E-state index is 0.0265. The van der Waals surface area contributed by atoms with Crippen LogP contribution in [0.2, 0.25) is 0 Å². The van der Waals surface area contributed by atoms with E-state index in [0.717, 1.165) is 17.1 Å². The van der Waals surface area contributed by atoms with Gasteiger partial charge < -0.3 is 0 Å². The molecule has 0 unspecified atom stereocenters. The fourth-order valence-corrected chi connectivity index (χ4v) is 3.13. The molecule has 0 saturated carbocycles. The smallest absolute Gasteiger partial charge is 0.159 e. The second-order valence-electron chi connectivity index (χ2n) is 4.21. The molecule has 0 aliphatic carbocycles. The third-order valence-corrected chi connectivity index (χ3v) is 4.08. The summed E-state index contributed by atoms with van der Waals surface area (Å²) in [5, 5.41) is 0. The Bertz CT molecular complexity index is 379. The molecule has 1 aliphatic rings. The lowest BCUT2D eigenvalue weighted by Gasteiger charge is -2.29. The number of Topliss-reactive ketones (excluding diaryl/α,β-unsaturated/α-hetero) is 1. The predicted octanol–water partition coefficient (Wildman–Crippen LogP) is 3.58. The SMILES string of the molecule is CC(=O)c1ccc(C2(F)CCSCC2)cc1. The summed E-state index contributed by atoms with van der Waals surface area (Å²) >= 11 is 1.81. The van der Waals surface area contributed by atoms with E-state index in [9.17, 15) is 9.18 Å². The summed E-state index contributed by atoms with van der Waals surface area (Å²) in [6.07, 6.45) is 1.16. The van der Waals surface area contributed by atoms with E-state index in [2.05, 4.69) is 0 Å². The Morgan fingerprint density at radius 2 is 1.81 bits per heavy atom. The third kappa shape index (κ3) is 2.29. The van der Waals surface area contributed by atoms with Crippen molar-refractivity contribution < 1.29 is 9.18 Å². The van der Waals surface area contributed by atoms with Gasteiger partial charge in [0.1, 0.15) is 5.67 Å². The Labute approximate surface area is 99.4 Å². The maximum Gasteiger partial charge on any atom is 0.159 e. The van der Waals surface area contributed by atoms with Gasteiger partial charge in [-0.25, -0.2) is 4.39 Å². The van der Waals surface area contributed by atoms with E-state index in [1.165, 1.54) is 6.92 Å². The summed E-state index contributed by atoms with van der Waals surface area (Å²) in [5.41, 5.74) is 0.191. The Hall–Kier alpha value is -0.830. The van der Waals surface area contributed by atoms with Crippen molar-refractivity contribution in [2.75, 3.05) is 11.5 Å². The largest absolute Gasteiger partial charge is 0.295 e. The summed E-state index contributed by atoms with van der Waals surface area (Å²) in [5.74, 6) is 1.79. The molecule has 16 heavy (non-hydrogen) atoms. The van der Waals surface area contributed by atoms with Gasteiger partial charge in [0.25, 0.3) is 0 Å². The molecule has 0 atom stereocenters. The average Bonchev–Trinajstić information content (AvgIpc) is 2.30. The van der Waals surface area contributed by atoms with Gasteiger partial charge in [0, 0.05) is 5.56 Å². The normalized spacial score (nSPS) is 19.4. The second kappa shape index (κ2) is 4.58. The van der Waals surface area contributed by atoms with Crippen LogP contribution in [-0.2, 0) is 5.67 Å². The van der Waals surface area contributed by atoms with Gasteiger partial charge in [-0.15, -0.1) is 0 Å². The predicted molar refractivity (Wildman–Crippen MR) is 65.8 cm³/mol. The molecule has 86 valence electrons. The standard InChI is InChI=1S/C13H15FOS/c1-10(15)11-2-4-12(5-3-11)13(14)6-8-16-9-7-13/h2-5H,6-9H2,1H3. The van der Waals surface area contributed by atoms with E-state index in [4.69, 9.17) is 0 Å². The highest BCUT2D eigenvalue weighted by Gasteiger charge is 2.33. The summed E-state index contributed by atoms with van der Waals surface area (Å²) < 4.78 is 14.5. The molecular formula is C13H15FOS. The average molecular weight is 238 g/mol. The molecule has 2 rings (SSSR count). The molecule has 1 saturated heterocycles. The van der Waals surface area contributed by atoms with Gasteiger partial charge in [-0.05, 0) is 36.8 Å². The summed E-state index contributed by atoms with van der Waals surface area (Å²) in [6, 6.07) is 6.96. The topological polar surface area (TPSA) is 17.1 Å². The van der Waals surface area contributed by atoms with Gasteiger partial charge in [0.05, 0.1) is 0 Å². The number of halogens is 1. The van der Waals surface area contributed by atoms with Gasteiger partial charge in [0.15, 0.2) is 5.78 Å². The number of alkyl halides is 1. The minimum Gasteiger partial charge on any atom is -0.295 e. The molecule has 0 radical (unpaired) electrons. The highest BCUT2D eigenvalue weighted by molar-refractivity contribution is 7.99. The first-order chi connectivity index (χ1) is 7.62. The summed E-state index contributed by atoms with van der Waals surface area (Å²) in [7, 11) is 0. The highest BCUT2D eigenvalue weighted by Crippen LogP contribution is 2.39. The number of hydrogen-bond donors (Lipinski definition) is 0. The van der Waals surface area contributed by atoms with E-state index < -0.39 is 5.67 Å². The van der Waals surface area contributed by atoms with Crippen LogP contribution in [0.3, 0.4) is 0 Å². The number of benzene rings is 1. The van der Waals surface area contributed by atoms with Gasteiger partial charge in [-0.3, -0.25) is 4.79 Å². The molecule has 1 heterocycles. The molecule has 1 aliphatic heterocycles. The lowest BCUT2D eigenvalue weighted by Crippen LogP contribution is -2.25. The first kappa shape index (κ1) is 11.6. The third-order valence-electron chi connectivity index (χ3n) is 3.09. The van der Waals surface area contributed by atoms with Crippen molar-refractivity contribution in [3.8, 4) is 0 Å². The highest BCUT2D eigenvalue weighted by atomic mass is 32.2. The fraction of sp³-hybridized carbons (Fsp3) is 0.462. The van der Waals surface area contributed by atoms with Crippen LogP contribution in [0.25, 0.3) is 0 Å². The van der Waals surface area contributed by atoms with Gasteiger partial charge >= 0.3 is 0 Å². The van der Waals surface area contributed by atoms with Gasteiger partial charge in [0.2, 0.25) is 0 Å². The number of rotatable bonds is 2. The molecule has 0 spiro atoms. The number of thioether (sulfide) groups is 1. The Morgan fingerprint density at radius 1 is 1.25 bits per heavy atom. The first-order valence-corrected chi connectivity index (χ1v) is 6.65. The van der Waals surface area contributed by atoms with Crippen molar-refractivity contribution in [2.45, 2.75) is 25.4 Å². The van der Waals surface area contributed by atoms with Crippen LogP contribution in [0, 0.1) is 0 Å². The van der Waals surface area contributed by atoms with E-state index in [-0.39, 0.29) is 5.78 Å². The minimum atomic E-state index is -1.18. The van der Waals surface area contributed by atoms with Crippen molar-refractivity contribution in [1.82, 2.24) is 0 Å². The van der Waals surface area contributed by atoms with Gasteiger partial charge in [-0.2, -0.15) is 11.8 Å². The van der Waals surface area contributed by atoms with Crippen molar-refractivity contribution in [3.63, 3.8) is 0 Å². The van der Waals surface area contributed by atoms with Crippen LogP contribution in [0.5, 0.6) is 0 Å². The van der Waals surface area contributed by atoms with E-state index in [1.807, 2.05) is 0 Å². The maximum absolute atomic E-state index is 14.5.